The summed E-state index contributed by atoms with van der Waals surface area (Å²) in [6.07, 6.45) is 4.69. The molecule has 1 amide bonds. The van der Waals surface area contributed by atoms with Gasteiger partial charge >= 0.3 is 0 Å². The molecule has 6 nitrogen and oxygen atoms in total. The lowest BCUT2D eigenvalue weighted by atomic mass is 10.1. The van der Waals surface area contributed by atoms with Crippen molar-refractivity contribution in [1.82, 2.24) is 9.88 Å². The molecule has 1 saturated heterocycles. The molecule has 0 atom stereocenters. The maximum Gasteiger partial charge on any atom is 0.291 e. The fourth-order valence-electron chi connectivity index (χ4n) is 4.32. The predicted octanol–water partition coefficient (Wildman–Crippen LogP) is 5.10. The lowest BCUT2D eigenvalue weighted by Crippen LogP contribution is -2.47. The van der Waals surface area contributed by atoms with Crippen molar-refractivity contribution in [3.05, 3.63) is 102 Å². The van der Waals surface area contributed by atoms with Crippen LogP contribution in [-0.4, -0.2) is 48.5 Å². The van der Waals surface area contributed by atoms with E-state index in [1.165, 1.54) is 17.7 Å². The Bertz CT molecular complexity index is 1270. The molecule has 0 saturated carbocycles. The maximum absolute atomic E-state index is 13.2. The zero-order valence-corrected chi connectivity index (χ0v) is 19.4. The number of amides is 1. The van der Waals surface area contributed by atoms with Gasteiger partial charge in [-0.2, -0.15) is 0 Å². The number of halogens is 1. The molecule has 0 aliphatic carbocycles. The van der Waals surface area contributed by atoms with Gasteiger partial charge in [0.15, 0.2) is 5.76 Å². The van der Waals surface area contributed by atoms with Gasteiger partial charge in [-0.15, -0.1) is 0 Å². The highest BCUT2D eigenvalue weighted by Gasteiger charge is 2.21. The van der Waals surface area contributed by atoms with Gasteiger partial charge in [-0.1, -0.05) is 12.1 Å². The van der Waals surface area contributed by atoms with Crippen molar-refractivity contribution in [3.8, 4) is 11.3 Å². The van der Waals surface area contributed by atoms with Crippen LogP contribution >= 0.6 is 0 Å². The predicted molar refractivity (Wildman–Crippen MR) is 135 cm³/mol. The average molecular weight is 471 g/mol. The highest BCUT2D eigenvalue weighted by atomic mass is 19.1. The number of piperazine rings is 1. The number of furan rings is 1. The van der Waals surface area contributed by atoms with Crippen LogP contribution in [0.5, 0.6) is 0 Å². The minimum absolute atomic E-state index is 0.208. The summed E-state index contributed by atoms with van der Waals surface area (Å²) in [6.45, 7) is 4.72. The molecule has 1 aliphatic heterocycles. The number of carbonyl (C=O) groups excluding carboxylic acids is 1. The molecule has 0 unspecified atom stereocenters. The molecule has 0 spiro atoms. The van der Waals surface area contributed by atoms with Gasteiger partial charge in [0.2, 0.25) is 0 Å². The van der Waals surface area contributed by atoms with E-state index in [0.29, 0.717) is 11.3 Å². The fourth-order valence-corrected chi connectivity index (χ4v) is 4.32. The number of anilines is 2. The van der Waals surface area contributed by atoms with Crippen LogP contribution in [0.25, 0.3) is 11.3 Å². The van der Waals surface area contributed by atoms with Gasteiger partial charge in [0, 0.05) is 50.7 Å². The topological polar surface area (TPSA) is 61.6 Å². The number of nitrogens with zero attached hydrogens (tertiary/aromatic N) is 3. The van der Waals surface area contributed by atoms with Crippen LogP contribution < -0.4 is 10.2 Å². The van der Waals surface area contributed by atoms with Crippen LogP contribution in [0.2, 0.25) is 0 Å². The summed E-state index contributed by atoms with van der Waals surface area (Å²) < 4.78 is 18.9. The second kappa shape index (κ2) is 10.5. The number of benzene rings is 2. The monoisotopic (exact) mass is 470 g/mol. The van der Waals surface area contributed by atoms with E-state index in [0.717, 1.165) is 50.5 Å². The molecule has 3 heterocycles. The SMILES string of the molecule is O=C(Nc1ccccc1N1CCN(CCc2ccncc2)CC1)c1ccc(-c2ccc(F)cc2)o1. The quantitative estimate of drug-likeness (QED) is 0.407. The van der Waals surface area contributed by atoms with Crippen LogP contribution in [0.3, 0.4) is 0 Å². The molecule has 5 rings (SSSR count). The Labute approximate surface area is 204 Å². The van der Waals surface area contributed by atoms with Crippen molar-refractivity contribution in [3.63, 3.8) is 0 Å². The van der Waals surface area contributed by atoms with Gasteiger partial charge in [-0.05, 0) is 72.6 Å². The number of hydrogen-bond donors (Lipinski definition) is 1. The van der Waals surface area contributed by atoms with Gasteiger partial charge in [-0.3, -0.25) is 14.7 Å². The molecule has 1 N–H and O–H groups in total. The lowest BCUT2D eigenvalue weighted by molar-refractivity contribution is 0.0997. The Kier molecular flexibility index (Phi) is 6.86. The second-order valence-electron chi connectivity index (χ2n) is 8.58. The van der Waals surface area contributed by atoms with Gasteiger partial charge in [-0.25, -0.2) is 4.39 Å². The number of aromatic nitrogens is 1. The van der Waals surface area contributed by atoms with E-state index < -0.39 is 0 Å². The molecule has 178 valence electrons. The molecule has 0 bridgehead atoms. The van der Waals surface area contributed by atoms with E-state index in [1.807, 2.05) is 36.7 Å². The highest BCUT2D eigenvalue weighted by molar-refractivity contribution is 6.04. The third-order valence-corrected chi connectivity index (χ3v) is 6.29. The lowest BCUT2D eigenvalue weighted by Gasteiger charge is -2.37. The van der Waals surface area contributed by atoms with Crippen molar-refractivity contribution in [2.75, 3.05) is 42.9 Å². The van der Waals surface area contributed by atoms with Crippen LogP contribution in [0, 0.1) is 5.82 Å². The number of hydrogen-bond acceptors (Lipinski definition) is 5. The van der Waals surface area contributed by atoms with E-state index in [2.05, 4.69) is 32.2 Å². The average Bonchev–Trinajstić information content (AvgIpc) is 3.40. The van der Waals surface area contributed by atoms with Crippen molar-refractivity contribution >= 4 is 17.3 Å². The van der Waals surface area contributed by atoms with Gasteiger partial charge in [0.1, 0.15) is 11.6 Å². The summed E-state index contributed by atoms with van der Waals surface area (Å²) in [6, 6.07) is 21.3. The normalized spacial score (nSPS) is 14.1. The molecule has 4 aromatic rings. The number of carbonyl (C=O) groups is 1. The van der Waals surface area contributed by atoms with Crippen LogP contribution in [0.4, 0.5) is 15.8 Å². The molecular weight excluding hydrogens is 443 g/mol. The largest absolute Gasteiger partial charge is 0.451 e. The number of pyridine rings is 1. The minimum atomic E-state index is -0.318. The number of rotatable bonds is 7. The van der Waals surface area contributed by atoms with E-state index in [1.54, 1.807) is 24.3 Å². The summed E-state index contributed by atoms with van der Waals surface area (Å²) >= 11 is 0. The Morgan fingerprint density at radius 3 is 2.43 bits per heavy atom. The van der Waals surface area contributed by atoms with Crippen molar-refractivity contribution in [2.45, 2.75) is 6.42 Å². The van der Waals surface area contributed by atoms with Crippen molar-refractivity contribution < 1.29 is 13.6 Å². The Hall–Kier alpha value is -3.97. The summed E-state index contributed by atoms with van der Waals surface area (Å²) in [5, 5.41) is 3.00. The molecule has 2 aromatic carbocycles. The molecular formula is C28H27FN4O2. The summed E-state index contributed by atoms with van der Waals surface area (Å²) in [5.74, 6) is 0.0950. The minimum Gasteiger partial charge on any atom is -0.451 e. The zero-order chi connectivity index (χ0) is 24.0. The number of para-hydroxylation sites is 2. The summed E-state index contributed by atoms with van der Waals surface area (Å²) in [7, 11) is 0. The first-order valence-electron chi connectivity index (χ1n) is 11.8. The van der Waals surface area contributed by atoms with E-state index >= 15 is 0 Å². The molecule has 2 aromatic heterocycles. The van der Waals surface area contributed by atoms with E-state index in [9.17, 15) is 9.18 Å². The van der Waals surface area contributed by atoms with Gasteiger partial charge in [0.05, 0.1) is 11.4 Å². The summed E-state index contributed by atoms with van der Waals surface area (Å²) in [4.78, 5) is 21.8. The Morgan fingerprint density at radius 2 is 1.66 bits per heavy atom. The highest BCUT2D eigenvalue weighted by Crippen LogP contribution is 2.28. The maximum atomic E-state index is 13.2. The second-order valence-corrected chi connectivity index (χ2v) is 8.58. The van der Waals surface area contributed by atoms with Crippen molar-refractivity contribution in [2.24, 2.45) is 0 Å². The van der Waals surface area contributed by atoms with E-state index in [-0.39, 0.29) is 17.5 Å². The smallest absolute Gasteiger partial charge is 0.291 e. The molecule has 1 aliphatic rings. The fraction of sp³-hybridized carbons (Fsp3) is 0.214. The Morgan fingerprint density at radius 1 is 0.914 bits per heavy atom. The Balaban J connectivity index is 1.20. The van der Waals surface area contributed by atoms with Gasteiger partial charge < -0.3 is 14.6 Å². The first-order chi connectivity index (χ1) is 17.2. The van der Waals surface area contributed by atoms with Gasteiger partial charge in [0.25, 0.3) is 5.91 Å². The van der Waals surface area contributed by atoms with Crippen LogP contribution in [0.1, 0.15) is 16.1 Å². The molecule has 0 radical (unpaired) electrons. The third kappa shape index (κ3) is 5.58. The van der Waals surface area contributed by atoms with Crippen molar-refractivity contribution in [1.29, 1.82) is 0 Å². The molecule has 1 fully saturated rings. The third-order valence-electron chi connectivity index (χ3n) is 6.29. The molecule has 7 heteroatoms. The standard InChI is InChI=1S/C28H27FN4O2/c29-23-7-5-22(6-8-23)26-9-10-27(35-26)28(34)31-24-3-1-2-4-25(24)33-19-17-32(18-20-33)16-13-21-11-14-30-15-12-21/h1-12,14-15H,13,16-20H2,(H,31,34). The first-order valence-corrected chi connectivity index (χ1v) is 11.8. The van der Waals surface area contributed by atoms with E-state index in [4.69, 9.17) is 4.42 Å². The summed E-state index contributed by atoms with van der Waals surface area (Å²) in [5.41, 5.74) is 3.77. The first kappa shape index (κ1) is 22.8. The zero-order valence-electron chi connectivity index (χ0n) is 19.4. The number of nitrogens with one attached hydrogen (secondary N) is 1. The molecule has 35 heavy (non-hydrogen) atoms. The van der Waals surface area contributed by atoms with Crippen LogP contribution in [-0.2, 0) is 6.42 Å². The van der Waals surface area contributed by atoms with Crippen LogP contribution in [0.15, 0.2) is 89.6 Å².